The third-order valence-corrected chi connectivity index (χ3v) is 5.06. The van der Waals surface area contributed by atoms with Gasteiger partial charge in [0.25, 0.3) is 0 Å². The van der Waals surface area contributed by atoms with E-state index >= 15 is 0 Å². The SMILES string of the molecule is COc1ccccc1C1NC(c2ccc(C)cc2)=CC(c2ccccc2O)N1. The van der Waals surface area contributed by atoms with Crippen LogP contribution in [0.25, 0.3) is 5.70 Å². The van der Waals surface area contributed by atoms with Crippen LogP contribution in [0, 0.1) is 6.92 Å². The first-order valence-corrected chi connectivity index (χ1v) is 9.38. The molecule has 142 valence electrons. The summed E-state index contributed by atoms with van der Waals surface area (Å²) in [4.78, 5) is 0. The number of methoxy groups -OCH3 is 1. The molecule has 1 aliphatic rings. The summed E-state index contributed by atoms with van der Waals surface area (Å²) in [6.45, 7) is 2.08. The molecule has 1 aliphatic heterocycles. The Labute approximate surface area is 165 Å². The topological polar surface area (TPSA) is 53.5 Å². The Kier molecular flexibility index (Phi) is 5.04. The third kappa shape index (κ3) is 3.59. The van der Waals surface area contributed by atoms with E-state index in [-0.39, 0.29) is 18.0 Å². The molecule has 0 bridgehead atoms. The number of nitrogens with one attached hydrogen (secondary N) is 2. The maximum absolute atomic E-state index is 10.4. The van der Waals surface area contributed by atoms with Gasteiger partial charge in [-0.3, -0.25) is 5.32 Å². The minimum Gasteiger partial charge on any atom is -0.508 e. The molecular formula is C24H24N2O2. The fraction of sp³-hybridized carbons (Fsp3) is 0.167. The average molecular weight is 372 g/mol. The van der Waals surface area contributed by atoms with Crippen molar-refractivity contribution >= 4 is 5.70 Å². The lowest BCUT2D eigenvalue weighted by atomic mass is 9.97. The molecule has 0 fully saturated rings. The van der Waals surface area contributed by atoms with Crippen LogP contribution in [0.5, 0.6) is 11.5 Å². The highest BCUT2D eigenvalue weighted by molar-refractivity contribution is 5.67. The number of ether oxygens (including phenoxy) is 1. The lowest BCUT2D eigenvalue weighted by Gasteiger charge is -2.34. The van der Waals surface area contributed by atoms with Gasteiger partial charge in [0, 0.05) is 16.8 Å². The zero-order valence-electron chi connectivity index (χ0n) is 16.0. The summed E-state index contributed by atoms with van der Waals surface area (Å²) in [6.07, 6.45) is 1.95. The van der Waals surface area contributed by atoms with Crippen LogP contribution in [-0.4, -0.2) is 12.2 Å². The van der Waals surface area contributed by atoms with Gasteiger partial charge in [-0.25, -0.2) is 0 Å². The van der Waals surface area contributed by atoms with E-state index in [0.717, 1.165) is 28.1 Å². The molecule has 2 unspecified atom stereocenters. The van der Waals surface area contributed by atoms with E-state index in [1.165, 1.54) is 5.56 Å². The number of para-hydroxylation sites is 2. The number of benzene rings is 3. The van der Waals surface area contributed by atoms with Gasteiger partial charge in [-0.1, -0.05) is 66.2 Å². The molecule has 4 nitrogen and oxygen atoms in total. The average Bonchev–Trinajstić information content (AvgIpc) is 2.74. The fourth-order valence-corrected chi connectivity index (χ4v) is 3.55. The zero-order valence-corrected chi connectivity index (χ0v) is 16.0. The van der Waals surface area contributed by atoms with Crippen molar-refractivity contribution in [3.8, 4) is 11.5 Å². The van der Waals surface area contributed by atoms with Crippen molar-refractivity contribution in [3.05, 3.63) is 101 Å². The Hall–Kier alpha value is -3.24. The Bertz CT molecular complexity index is 995. The standard InChI is InChI=1S/C24H24N2O2/c1-16-11-13-17(14-12-16)20-15-21(18-7-3-5-9-22(18)27)26-24(25-20)19-8-4-6-10-23(19)28-2/h3-15,21,24-27H,1-2H3. The van der Waals surface area contributed by atoms with Gasteiger partial charge in [0.2, 0.25) is 0 Å². The van der Waals surface area contributed by atoms with Crippen LogP contribution in [0.15, 0.2) is 78.9 Å². The molecule has 0 amide bonds. The predicted molar refractivity (Wildman–Crippen MR) is 112 cm³/mol. The molecule has 0 aliphatic carbocycles. The number of phenols is 1. The van der Waals surface area contributed by atoms with E-state index in [1.54, 1.807) is 13.2 Å². The fourth-order valence-electron chi connectivity index (χ4n) is 3.55. The number of rotatable bonds is 4. The molecule has 3 N–H and O–H groups in total. The van der Waals surface area contributed by atoms with Gasteiger partial charge >= 0.3 is 0 Å². The number of phenolic OH excluding ortho intramolecular Hbond substituents is 1. The molecule has 28 heavy (non-hydrogen) atoms. The lowest BCUT2D eigenvalue weighted by molar-refractivity contribution is 0.379. The highest BCUT2D eigenvalue weighted by atomic mass is 16.5. The summed E-state index contributed by atoms with van der Waals surface area (Å²) in [5.41, 5.74) is 5.20. The number of hydrogen-bond donors (Lipinski definition) is 3. The molecule has 4 heteroatoms. The van der Waals surface area contributed by atoms with Crippen LogP contribution in [0.1, 0.15) is 34.5 Å². The summed E-state index contributed by atoms with van der Waals surface area (Å²) in [5, 5.41) is 17.6. The van der Waals surface area contributed by atoms with E-state index < -0.39 is 0 Å². The molecule has 3 aromatic carbocycles. The molecule has 0 saturated carbocycles. The minimum atomic E-state index is -0.165. The van der Waals surface area contributed by atoms with Crippen molar-refractivity contribution in [1.29, 1.82) is 0 Å². The molecule has 2 atom stereocenters. The smallest absolute Gasteiger partial charge is 0.125 e. The van der Waals surface area contributed by atoms with Crippen molar-refractivity contribution in [2.45, 2.75) is 19.1 Å². The van der Waals surface area contributed by atoms with Gasteiger partial charge in [0.15, 0.2) is 0 Å². The Morgan fingerprint density at radius 1 is 0.857 bits per heavy atom. The Balaban J connectivity index is 1.78. The van der Waals surface area contributed by atoms with E-state index in [1.807, 2.05) is 42.5 Å². The summed E-state index contributed by atoms with van der Waals surface area (Å²) < 4.78 is 5.57. The van der Waals surface area contributed by atoms with E-state index in [0.29, 0.717) is 0 Å². The van der Waals surface area contributed by atoms with Gasteiger partial charge in [0.1, 0.15) is 17.7 Å². The summed E-state index contributed by atoms with van der Waals surface area (Å²) in [6, 6.07) is 23.7. The maximum Gasteiger partial charge on any atom is 0.125 e. The Morgan fingerprint density at radius 3 is 2.25 bits per heavy atom. The van der Waals surface area contributed by atoms with Gasteiger partial charge in [-0.15, -0.1) is 0 Å². The number of hydrogen-bond acceptors (Lipinski definition) is 4. The van der Waals surface area contributed by atoms with E-state index in [9.17, 15) is 5.11 Å². The third-order valence-electron chi connectivity index (χ3n) is 5.06. The van der Waals surface area contributed by atoms with Gasteiger partial charge in [-0.05, 0) is 30.7 Å². The van der Waals surface area contributed by atoms with E-state index in [4.69, 9.17) is 4.74 Å². The first-order chi connectivity index (χ1) is 13.7. The normalized spacial score (nSPS) is 18.9. The monoisotopic (exact) mass is 372 g/mol. The van der Waals surface area contributed by atoms with Crippen molar-refractivity contribution in [1.82, 2.24) is 10.6 Å². The first kappa shape index (κ1) is 18.1. The van der Waals surface area contributed by atoms with Gasteiger partial charge < -0.3 is 15.2 Å². The molecule has 1 heterocycles. The van der Waals surface area contributed by atoms with E-state index in [2.05, 4.69) is 47.9 Å². The number of aryl methyl sites for hydroxylation is 1. The van der Waals surface area contributed by atoms with Crippen molar-refractivity contribution in [3.63, 3.8) is 0 Å². The second kappa shape index (κ2) is 7.79. The minimum absolute atomic E-state index is 0.145. The second-order valence-corrected chi connectivity index (χ2v) is 6.97. The molecular weight excluding hydrogens is 348 g/mol. The van der Waals surface area contributed by atoms with Crippen molar-refractivity contribution < 1.29 is 9.84 Å². The van der Waals surface area contributed by atoms with Crippen LogP contribution in [0.2, 0.25) is 0 Å². The van der Waals surface area contributed by atoms with Crippen LogP contribution >= 0.6 is 0 Å². The summed E-state index contributed by atoms with van der Waals surface area (Å²) in [5.74, 6) is 1.09. The second-order valence-electron chi connectivity index (χ2n) is 6.97. The molecule has 0 aromatic heterocycles. The lowest BCUT2D eigenvalue weighted by Crippen LogP contribution is -2.39. The molecule has 0 spiro atoms. The quantitative estimate of drug-likeness (QED) is 0.622. The van der Waals surface area contributed by atoms with Crippen LogP contribution in [0.4, 0.5) is 0 Å². The molecule has 3 aromatic rings. The highest BCUT2D eigenvalue weighted by Gasteiger charge is 2.27. The molecule has 0 saturated heterocycles. The van der Waals surface area contributed by atoms with Crippen molar-refractivity contribution in [2.24, 2.45) is 0 Å². The van der Waals surface area contributed by atoms with Gasteiger partial charge in [-0.2, -0.15) is 0 Å². The molecule has 0 radical (unpaired) electrons. The Morgan fingerprint density at radius 2 is 1.54 bits per heavy atom. The summed E-state index contributed by atoms with van der Waals surface area (Å²) in [7, 11) is 1.68. The number of aromatic hydroxyl groups is 1. The van der Waals surface area contributed by atoms with Crippen LogP contribution < -0.4 is 15.4 Å². The van der Waals surface area contributed by atoms with Crippen LogP contribution in [0.3, 0.4) is 0 Å². The highest BCUT2D eigenvalue weighted by Crippen LogP contribution is 2.35. The first-order valence-electron chi connectivity index (χ1n) is 9.38. The largest absolute Gasteiger partial charge is 0.508 e. The maximum atomic E-state index is 10.4. The van der Waals surface area contributed by atoms with Crippen LogP contribution in [-0.2, 0) is 0 Å². The zero-order chi connectivity index (χ0) is 19.5. The summed E-state index contributed by atoms with van der Waals surface area (Å²) >= 11 is 0. The molecule has 4 rings (SSSR count). The van der Waals surface area contributed by atoms with Gasteiger partial charge in [0.05, 0.1) is 13.2 Å². The van der Waals surface area contributed by atoms with Crippen molar-refractivity contribution in [2.75, 3.05) is 7.11 Å². The predicted octanol–water partition coefficient (Wildman–Crippen LogP) is 4.68.